The van der Waals surface area contributed by atoms with Gasteiger partial charge in [0.25, 0.3) is 5.91 Å². The summed E-state index contributed by atoms with van der Waals surface area (Å²) in [7, 11) is 1.98. The predicted molar refractivity (Wildman–Crippen MR) is 110 cm³/mol. The number of amides is 2. The molecule has 2 aliphatic rings. The number of likely N-dealkylation sites (tertiary alicyclic amines) is 2. The first-order chi connectivity index (χ1) is 12.6. The van der Waals surface area contributed by atoms with Gasteiger partial charge in [-0.2, -0.15) is 0 Å². The number of carbonyl (C=O) groups excluding carboxylic acids is 2. The third kappa shape index (κ3) is 4.64. The van der Waals surface area contributed by atoms with E-state index in [1.165, 1.54) is 6.42 Å². The van der Waals surface area contributed by atoms with E-state index in [2.05, 4.69) is 5.32 Å². The Kier molecular flexibility index (Phi) is 7.68. The van der Waals surface area contributed by atoms with Crippen molar-refractivity contribution in [3.8, 4) is 0 Å². The van der Waals surface area contributed by atoms with Gasteiger partial charge < -0.3 is 15.1 Å². The molecule has 0 radical (unpaired) electrons. The van der Waals surface area contributed by atoms with Crippen molar-refractivity contribution in [2.45, 2.75) is 44.6 Å². The molecule has 150 valence electrons. The summed E-state index contributed by atoms with van der Waals surface area (Å²) in [5.41, 5.74) is -0.0377. The van der Waals surface area contributed by atoms with Crippen molar-refractivity contribution in [3.63, 3.8) is 0 Å². The highest BCUT2D eigenvalue weighted by atomic mass is 35.5. The molecule has 1 unspecified atom stereocenters. The maximum absolute atomic E-state index is 13.3. The van der Waals surface area contributed by atoms with Crippen LogP contribution in [0.5, 0.6) is 0 Å². The second kappa shape index (κ2) is 9.56. The van der Waals surface area contributed by atoms with E-state index in [1.807, 2.05) is 49.2 Å². The lowest BCUT2D eigenvalue weighted by Crippen LogP contribution is -2.57. The third-order valence-corrected chi connectivity index (χ3v) is 6.07. The minimum absolute atomic E-state index is 0. The van der Waals surface area contributed by atoms with Gasteiger partial charge in [0.2, 0.25) is 5.91 Å². The van der Waals surface area contributed by atoms with Crippen molar-refractivity contribution in [3.05, 3.63) is 35.9 Å². The molecule has 2 heterocycles. The summed E-state index contributed by atoms with van der Waals surface area (Å²) in [4.78, 5) is 30.1. The fourth-order valence-electron chi connectivity index (χ4n) is 4.36. The molecule has 1 N–H and O–H groups in total. The van der Waals surface area contributed by atoms with Gasteiger partial charge in [0.1, 0.15) is 5.54 Å². The number of carbonyl (C=O) groups is 2. The molecule has 1 aromatic carbocycles. The molecule has 2 saturated heterocycles. The van der Waals surface area contributed by atoms with E-state index in [9.17, 15) is 9.59 Å². The van der Waals surface area contributed by atoms with E-state index in [1.54, 1.807) is 4.90 Å². The second-order valence-electron chi connectivity index (χ2n) is 7.83. The minimum atomic E-state index is -0.704. The Hall–Kier alpha value is -1.59. The van der Waals surface area contributed by atoms with Crippen LogP contribution in [-0.4, -0.2) is 60.4 Å². The third-order valence-electron chi connectivity index (χ3n) is 6.07. The number of halogens is 1. The lowest BCUT2D eigenvalue weighted by Gasteiger charge is -2.41. The normalized spacial score (nSPS) is 23.2. The molecule has 6 heteroatoms. The van der Waals surface area contributed by atoms with Crippen molar-refractivity contribution in [1.82, 2.24) is 15.1 Å². The van der Waals surface area contributed by atoms with E-state index in [0.29, 0.717) is 18.0 Å². The number of benzene rings is 1. The zero-order chi connectivity index (χ0) is 18.6. The summed E-state index contributed by atoms with van der Waals surface area (Å²) in [5.74, 6) is 0.805. The van der Waals surface area contributed by atoms with Gasteiger partial charge in [0.15, 0.2) is 0 Å². The van der Waals surface area contributed by atoms with E-state index >= 15 is 0 Å². The van der Waals surface area contributed by atoms with Crippen LogP contribution >= 0.6 is 12.4 Å². The van der Waals surface area contributed by atoms with Gasteiger partial charge in [-0.25, -0.2) is 0 Å². The maximum Gasteiger partial charge on any atom is 0.254 e. The van der Waals surface area contributed by atoms with Crippen LogP contribution in [0, 0.1) is 5.92 Å². The maximum atomic E-state index is 13.3. The summed E-state index contributed by atoms with van der Waals surface area (Å²) < 4.78 is 0. The smallest absolute Gasteiger partial charge is 0.254 e. The Bertz CT molecular complexity index is 632. The lowest BCUT2D eigenvalue weighted by molar-refractivity contribution is -0.142. The van der Waals surface area contributed by atoms with Crippen molar-refractivity contribution in [2.75, 3.05) is 33.2 Å². The van der Waals surface area contributed by atoms with Crippen LogP contribution in [0.25, 0.3) is 0 Å². The SMILES string of the molecule is CNCCC1CCN(C(=O)C2(C)CCCN2C(=O)c2ccccc2)CC1.Cl. The van der Waals surface area contributed by atoms with E-state index < -0.39 is 5.54 Å². The van der Waals surface area contributed by atoms with Crippen LogP contribution in [0.2, 0.25) is 0 Å². The van der Waals surface area contributed by atoms with Crippen molar-refractivity contribution in [1.29, 1.82) is 0 Å². The zero-order valence-electron chi connectivity index (χ0n) is 16.4. The Morgan fingerprint density at radius 2 is 1.81 bits per heavy atom. The van der Waals surface area contributed by atoms with Crippen molar-refractivity contribution in [2.24, 2.45) is 5.92 Å². The van der Waals surface area contributed by atoms with Crippen LogP contribution in [-0.2, 0) is 4.79 Å². The number of nitrogens with one attached hydrogen (secondary N) is 1. The monoisotopic (exact) mass is 393 g/mol. The van der Waals surface area contributed by atoms with Gasteiger partial charge in [-0.05, 0) is 70.7 Å². The van der Waals surface area contributed by atoms with Gasteiger partial charge in [-0.15, -0.1) is 12.4 Å². The fraction of sp³-hybridized carbons (Fsp3) is 0.619. The first-order valence-electron chi connectivity index (χ1n) is 9.87. The zero-order valence-corrected chi connectivity index (χ0v) is 17.3. The highest BCUT2D eigenvalue weighted by molar-refractivity contribution is 5.99. The topological polar surface area (TPSA) is 52.7 Å². The number of piperidine rings is 1. The molecule has 1 atom stereocenters. The molecule has 0 bridgehead atoms. The van der Waals surface area contributed by atoms with Crippen LogP contribution < -0.4 is 5.32 Å². The highest BCUT2D eigenvalue weighted by Crippen LogP contribution is 2.34. The molecule has 5 nitrogen and oxygen atoms in total. The predicted octanol–water partition coefficient (Wildman–Crippen LogP) is 2.95. The van der Waals surface area contributed by atoms with Crippen LogP contribution in [0.15, 0.2) is 30.3 Å². The number of hydrogen-bond donors (Lipinski definition) is 1. The molecule has 2 aliphatic heterocycles. The molecule has 2 amide bonds. The van der Waals surface area contributed by atoms with Gasteiger partial charge >= 0.3 is 0 Å². The molecule has 3 rings (SSSR count). The summed E-state index contributed by atoms with van der Waals surface area (Å²) >= 11 is 0. The van der Waals surface area contributed by atoms with E-state index in [-0.39, 0.29) is 24.2 Å². The first kappa shape index (κ1) is 21.7. The quantitative estimate of drug-likeness (QED) is 0.836. The lowest BCUT2D eigenvalue weighted by atomic mass is 9.90. The first-order valence-corrected chi connectivity index (χ1v) is 9.87. The van der Waals surface area contributed by atoms with Gasteiger partial charge in [0.05, 0.1) is 0 Å². The van der Waals surface area contributed by atoms with E-state index in [4.69, 9.17) is 0 Å². The summed E-state index contributed by atoms with van der Waals surface area (Å²) in [6.45, 7) is 5.28. The number of nitrogens with zero attached hydrogens (tertiary/aromatic N) is 2. The Morgan fingerprint density at radius 3 is 2.44 bits per heavy atom. The molecule has 2 fully saturated rings. The van der Waals surface area contributed by atoms with Crippen LogP contribution in [0.4, 0.5) is 0 Å². The average molecular weight is 394 g/mol. The molecule has 0 spiro atoms. The standard InChI is InChI=1S/C21H31N3O2.ClH/c1-21(20(26)23-15-10-17(11-16-23)9-13-22-2)12-6-14-24(21)19(25)18-7-4-3-5-8-18;/h3-5,7-8,17,22H,6,9-16H2,1-2H3;1H. The highest BCUT2D eigenvalue weighted by Gasteiger charge is 2.48. The minimum Gasteiger partial charge on any atom is -0.341 e. The molecule has 0 aliphatic carbocycles. The number of hydrogen-bond acceptors (Lipinski definition) is 3. The van der Waals surface area contributed by atoms with Gasteiger partial charge in [-0.3, -0.25) is 9.59 Å². The Labute approximate surface area is 168 Å². The molecule has 27 heavy (non-hydrogen) atoms. The molecular formula is C21H32ClN3O2. The second-order valence-corrected chi connectivity index (χ2v) is 7.83. The van der Waals surface area contributed by atoms with Gasteiger partial charge in [-0.1, -0.05) is 18.2 Å². The summed E-state index contributed by atoms with van der Waals surface area (Å²) in [6, 6.07) is 9.32. The summed E-state index contributed by atoms with van der Waals surface area (Å²) in [6.07, 6.45) is 4.95. The fourth-order valence-corrected chi connectivity index (χ4v) is 4.36. The average Bonchev–Trinajstić information content (AvgIpc) is 3.09. The van der Waals surface area contributed by atoms with Gasteiger partial charge in [0, 0.05) is 25.2 Å². The van der Waals surface area contributed by atoms with Crippen molar-refractivity contribution < 1.29 is 9.59 Å². The van der Waals surface area contributed by atoms with Crippen LogP contribution in [0.3, 0.4) is 0 Å². The largest absolute Gasteiger partial charge is 0.341 e. The Balaban J connectivity index is 0.00000261. The molecule has 0 aromatic heterocycles. The number of rotatable bonds is 5. The molecule has 1 aromatic rings. The van der Waals surface area contributed by atoms with Crippen molar-refractivity contribution >= 4 is 24.2 Å². The Morgan fingerprint density at radius 1 is 1.15 bits per heavy atom. The van der Waals surface area contributed by atoms with Crippen LogP contribution in [0.1, 0.15) is 49.4 Å². The molecule has 0 saturated carbocycles. The van der Waals surface area contributed by atoms with E-state index in [0.717, 1.165) is 45.3 Å². The summed E-state index contributed by atoms with van der Waals surface area (Å²) in [5, 5.41) is 3.21. The molecular weight excluding hydrogens is 362 g/mol.